The summed E-state index contributed by atoms with van der Waals surface area (Å²) in [5.41, 5.74) is 0.856. The van der Waals surface area contributed by atoms with E-state index in [0.717, 1.165) is 28.3 Å². The number of aromatic nitrogens is 2. The number of thioether (sulfide) groups is 1. The van der Waals surface area contributed by atoms with Gasteiger partial charge in [0.25, 0.3) is 0 Å². The first-order valence-electron chi connectivity index (χ1n) is 9.65. The van der Waals surface area contributed by atoms with Crippen LogP contribution in [0, 0.1) is 18.3 Å². The van der Waals surface area contributed by atoms with Gasteiger partial charge in [-0.1, -0.05) is 49.0 Å². The minimum absolute atomic E-state index is 0.122. The zero-order valence-electron chi connectivity index (χ0n) is 17.4. The number of thiophene rings is 1. The molecule has 0 aliphatic heterocycles. The van der Waals surface area contributed by atoms with E-state index in [1.54, 1.807) is 37.3 Å². The van der Waals surface area contributed by atoms with Crippen LogP contribution in [0.25, 0.3) is 11.3 Å². The van der Waals surface area contributed by atoms with Gasteiger partial charge in [0.15, 0.2) is 5.16 Å². The maximum atomic E-state index is 13.4. The zero-order chi connectivity index (χ0) is 23.5. The maximum Gasteiger partial charge on any atom is 0.433 e. The summed E-state index contributed by atoms with van der Waals surface area (Å²) in [6.45, 7) is 5.36. The summed E-state index contributed by atoms with van der Waals surface area (Å²) in [5.74, 6) is -0.447. The number of anilines is 1. The number of carbonyl (C=O) groups is 1. The van der Waals surface area contributed by atoms with Crippen molar-refractivity contribution in [2.75, 3.05) is 5.32 Å². The molecule has 0 saturated carbocycles. The molecule has 2 aromatic heterocycles. The summed E-state index contributed by atoms with van der Waals surface area (Å²) in [7, 11) is 0. The standard InChI is InChI=1S/C22H19F3N4OS2/c1-4-15-12(2)31-20(16(15)11-26)29-19(30)13(3)32-21-27-17(14-8-6-5-7-9-14)10-18(28-21)22(23,24)25/h5-10,13H,4H2,1-3H3,(H,29,30)/t13-/m1/s1. The molecule has 3 rings (SSSR count). The average molecular weight is 477 g/mol. The monoisotopic (exact) mass is 476 g/mol. The lowest BCUT2D eigenvalue weighted by atomic mass is 10.1. The van der Waals surface area contributed by atoms with Crippen molar-refractivity contribution in [3.8, 4) is 17.3 Å². The van der Waals surface area contributed by atoms with Crippen LogP contribution in [0.4, 0.5) is 18.2 Å². The normalized spacial score (nSPS) is 12.3. The number of nitrogens with zero attached hydrogens (tertiary/aromatic N) is 3. The topological polar surface area (TPSA) is 78.7 Å². The highest BCUT2D eigenvalue weighted by molar-refractivity contribution is 8.00. The summed E-state index contributed by atoms with van der Waals surface area (Å²) >= 11 is 2.13. The molecule has 166 valence electrons. The fourth-order valence-electron chi connectivity index (χ4n) is 3.02. The Balaban J connectivity index is 1.86. The molecule has 0 unspecified atom stereocenters. The van der Waals surface area contributed by atoms with Gasteiger partial charge in [-0.2, -0.15) is 18.4 Å². The van der Waals surface area contributed by atoms with Crippen LogP contribution < -0.4 is 5.32 Å². The number of nitriles is 1. The molecule has 0 aliphatic rings. The van der Waals surface area contributed by atoms with Gasteiger partial charge in [-0.3, -0.25) is 4.79 Å². The minimum Gasteiger partial charge on any atom is -0.316 e. The van der Waals surface area contributed by atoms with E-state index in [9.17, 15) is 23.2 Å². The highest BCUT2D eigenvalue weighted by Crippen LogP contribution is 2.35. The van der Waals surface area contributed by atoms with Gasteiger partial charge in [-0.25, -0.2) is 9.97 Å². The average Bonchev–Trinajstić information content (AvgIpc) is 3.07. The van der Waals surface area contributed by atoms with Gasteiger partial charge in [0.1, 0.15) is 16.8 Å². The SMILES string of the molecule is CCc1c(C)sc(NC(=O)[C@@H](C)Sc2nc(-c3ccccc3)cc(C(F)(F)F)n2)c1C#N. The van der Waals surface area contributed by atoms with Crippen molar-refractivity contribution in [3.63, 3.8) is 0 Å². The number of nitrogens with one attached hydrogen (secondary N) is 1. The molecule has 10 heteroatoms. The summed E-state index contributed by atoms with van der Waals surface area (Å²) in [6, 6.07) is 11.5. The zero-order valence-corrected chi connectivity index (χ0v) is 19.1. The number of aryl methyl sites for hydroxylation is 1. The molecule has 0 aliphatic carbocycles. The Bertz CT molecular complexity index is 1170. The Hall–Kier alpha value is -2.90. The molecule has 1 atom stereocenters. The predicted octanol–water partition coefficient (Wildman–Crippen LogP) is 6.09. The summed E-state index contributed by atoms with van der Waals surface area (Å²) in [6.07, 6.45) is -3.99. The third-order valence-electron chi connectivity index (χ3n) is 4.63. The summed E-state index contributed by atoms with van der Waals surface area (Å²) in [5, 5.41) is 11.7. The maximum absolute atomic E-state index is 13.4. The largest absolute Gasteiger partial charge is 0.433 e. The number of carbonyl (C=O) groups excluding carboxylic acids is 1. The van der Waals surface area contributed by atoms with Crippen molar-refractivity contribution in [3.05, 3.63) is 58.1 Å². The fraction of sp³-hybridized carbons (Fsp3) is 0.273. The van der Waals surface area contributed by atoms with Gasteiger partial charge < -0.3 is 5.32 Å². The first-order valence-corrected chi connectivity index (χ1v) is 11.3. The lowest BCUT2D eigenvalue weighted by molar-refractivity contribution is -0.141. The van der Waals surface area contributed by atoms with Gasteiger partial charge >= 0.3 is 6.18 Å². The molecular weight excluding hydrogens is 457 g/mol. The van der Waals surface area contributed by atoms with E-state index in [2.05, 4.69) is 21.4 Å². The van der Waals surface area contributed by atoms with Crippen LogP contribution in [0.3, 0.4) is 0 Å². The second kappa shape index (κ2) is 9.71. The van der Waals surface area contributed by atoms with Crippen molar-refractivity contribution in [2.24, 2.45) is 0 Å². The van der Waals surface area contributed by atoms with Crippen LogP contribution in [0.1, 0.15) is 35.5 Å². The number of benzene rings is 1. The molecule has 0 radical (unpaired) electrons. The molecule has 0 fully saturated rings. The van der Waals surface area contributed by atoms with Crippen LogP contribution >= 0.6 is 23.1 Å². The van der Waals surface area contributed by atoms with Gasteiger partial charge in [0.05, 0.1) is 16.5 Å². The van der Waals surface area contributed by atoms with E-state index in [-0.39, 0.29) is 10.9 Å². The first kappa shape index (κ1) is 23.8. The number of hydrogen-bond acceptors (Lipinski definition) is 6. The Morgan fingerprint density at radius 1 is 1.28 bits per heavy atom. The fourth-order valence-corrected chi connectivity index (χ4v) is 4.90. The molecule has 1 amide bonds. The van der Waals surface area contributed by atoms with Crippen LogP contribution in [0.5, 0.6) is 0 Å². The van der Waals surface area contributed by atoms with Gasteiger partial charge in [-0.05, 0) is 31.9 Å². The molecule has 1 N–H and O–H groups in total. The summed E-state index contributed by atoms with van der Waals surface area (Å²) < 4.78 is 40.2. The molecule has 0 bridgehead atoms. The van der Waals surface area contributed by atoms with Gasteiger partial charge in [-0.15, -0.1) is 11.3 Å². The van der Waals surface area contributed by atoms with Crippen LogP contribution in [0.2, 0.25) is 0 Å². The van der Waals surface area contributed by atoms with E-state index in [4.69, 9.17) is 0 Å². The summed E-state index contributed by atoms with van der Waals surface area (Å²) in [4.78, 5) is 21.5. The highest BCUT2D eigenvalue weighted by Gasteiger charge is 2.34. The molecule has 0 saturated heterocycles. The third-order valence-corrected chi connectivity index (χ3v) is 6.65. The van der Waals surface area contributed by atoms with Crippen LogP contribution in [-0.4, -0.2) is 21.1 Å². The highest BCUT2D eigenvalue weighted by atomic mass is 32.2. The Morgan fingerprint density at radius 3 is 2.56 bits per heavy atom. The minimum atomic E-state index is -4.65. The van der Waals surface area contributed by atoms with E-state index in [1.165, 1.54) is 11.3 Å². The molecule has 2 heterocycles. The van der Waals surface area contributed by atoms with E-state index < -0.39 is 23.0 Å². The molecule has 32 heavy (non-hydrogen) atoms. The molecular formula is C22H19F3N4OS2. The quantitative estimate of drug-likeness (QED) is 0.344. The number of amides is 1. The number of hydrogen-bond donors (Lipinski definition) is 1. The van der Waals surface area contributed by atoms with Crippen LogP contribution in [0.15, 0.2) is 41.6 Å². The number of halogens is 3. The van der Waals surface area contributed by atoms with E-state index in [0.29, 0.717) is 22.5 Å². The Kier molecular flexibility index (Phi) is 7.21. The Labute approximate surface area is 191 Å². The van der Waals surface area contributed by atoms with E-state index in [1.807, 2.05) is 13.8 Å². The lowest BCUT2D eigenvalue weighted by Crippen LogP contribution is -2.23. The molecule has 3 aromatic rings. The molecule has 5 nitrogen and oxygen atoms in total. The molecule has 0 spiro atoms. The van der Waals surface area contributed by atoms with Gasteiger partial charge in [0, 0.05) is 10.4 Å². The lowest BCUT2D eigenvalue weighted by Gasteiger charge is -2.13. The van der Waals surface area contributed by atoms with Crippen molar-refractivity contribution < 1.29 is 18.0 Å². The van der Waals surface area contributed by atoms with Crippen molar-refractivity contribution >= 4 is 34.0 Å². The Morgan fingerprint density at radius 2 is 1.97 bits per heavy atom. The second-order valence-corrected chi connectivity index (χ2v) is 9.37. The van der Waals surface area contributed by atoms with E-state index >= 15 is 0 Å². The second-order valence-electron chi connectivity index (χ2n) is 6.84. The number of alkyl halides is 3. The van der Waals surface area contributed by atoms with Crippen molar-refractivity contribution in [1.29, 1.82) is 5.26 Å². The number of rotatable bonds is 6. The van der Waals surface area contributed by atoms with Crippen molar-refractivity contribution in [1.82, 2.24) is 9.97 Å². The van der Waals surface area contributed by atoms with Crippen LogP contribution in [-0.2, 0) is 17.4 Å². The third kappa shape index (κ3) is 5.29. The predicted molar refractivity (Wildman–Crippen MR) is 120 cm³/mol. The smallest absolute Gasteiger partial charge is 0.316 e. The van der Waals surface area contributed by atoms with Gasteiger partial charge in [0.2, 0.25) is 5.91 Å². The van der Waals surface area contributed by atoms with Crippen molar-refractivity contribution in [2.45, 2.75) is 43.8 Å². The molecule has 1 aromatic carbocycles. The first-order chi connectivity index (χ1) is 15.1.